The summed E-state index contributed by atoms with van der Waals surface area (Å²) in [6.07, 6.45) is -1.02. The average molecular weight is 230 g/mol. The van der Waals surface area contributed by atoms with Gasteiger partial charge < -0.3 is 12.0 Å². The molecule has 4 unspecified atom stereocenters. The van der Waals surface area contributed by atoms with Gasteiger partial charge in [0.05, 0.1) is 20.1 Å². The molecule has 3 radical (unpaired) electrons. The number of rotatable bonds is 1. The maximum Gasteiger partial charge on any atom is 0.0787 e. The fourth-order valence-corrected chi connectivity index (χ4v) is 1.47. The second kappa shape index (κ2) is 4.93. The van der Waals surface area contributed by atoms with Crippen LogP contribution in [-0.4, -0.2) is 25.2 Å². The van der Waals surface area contributed by atoms with E-state index in [1.165, 1.54) is 0 Å². The smallest absolute Gasteiger partial charge is 0.0787 e. The summed E-state index contributed by atoms with van der Waals surface area (Å²) in [6, 6.07) is 0. The Morgan fingerprint density at radius 1 is 1.64 bits per heavy atom. The summed E-state index contributed by atoms with van der Waals surface area (Å²) in [7, 11) is 5.31. The predicted octanol–water partition coefficient (Wildman–Crippen LogP) is 0.740. The van der Waals surface area contributed by atoms with E-state index in [2.05, 4.69) is 6.92 Å². The van der Waals surface area contributed by atoms with Crippen LogP contribution in [0.1, 0.15) is 6.42 Å². The second-order valence-corrected chi connectivity index (χ2v) is 2.88. The molecule has 1 N–H and O–H groups in total. The normalized spacial score (nSPS) is 43.5. The van der Waals surface area contributed by atoms with Crippen LogP contribution in [0.2, 0.25) is 6.32 Å². The Morgan fingerprint density at radius 3 is 2.36 bits per heavy atom. The summed E-state index contributed by atoms with van der Waals surface area (Å²) >= 11 is 0. The summed E-state index contributed by atoms with van der Waals surface area (Å²) in [5.41, 5.74) is 0. The van der Waals surface area contributed by atoms with E-state index in [1.54, 1.807) is 0 Å². The van der Waals surface area contributed by atoms with Gasteiger partial charge in [0, 0.05) is 39.1 Å². The van der Waals surface area contributed by atoms with Crippen molar-refractivity contribution < 1.29 is 42.2 Å². The molecule has 1 saturated carbocycles. The van der Waals surface area contributed by atoms with Crippen LogP contribution in [0.4, 0.5) is 4.39 Å². The first-order valence-corrected chi connectivity index (χ1v) is 3.52. The van der Waals surface area contributed by atoms with E-state index in [-0.39, 0.29) is 51.0 Å². The predicted molar refractivity (Wildman–Crippen MR) is 38.4 cm³/mol. The van der Waals surface area contributed by atoms with Crippen LogP contribution in [0.15, 0.2) is 0 Å². The van der Waals surface area contributed by atoms with E-state index in [1.807, 2.05) is 0 Å². The monoisotopic (exact) mass is 230 g/mol. The van der Waals surface area contributed by atoms with E-state index < -0.39 is 12.3 Å². The molecule has 0 aliphatic heterocycles. The van der Waals surface area contributed by atoms with Gasteiger partial charge in [0.25, 0.3) is 0 Å². The molecule has 0 heterocycles. The van der Waals surface area contributed by atoms with Gasteiger partial charge in [-0.25, -0.2) is 4.39 Å². The first-order chi connectivity index (χ1) is 4.66. The quantitative estimate of drug-likeness (QED) is 0.520. The second-order valence-electron chi connectivity index (χ2n) is 2.88. The third-order valence-corrected chi connectivity index (χ3v) is 2.25. The molecule has 1 rings (SSSR count). The summed E-state index contributed by atoms with van der Waals surface area (Å²) in [4.78, 5) is 0. The van der Waals surface area contributed by atoms with Crippen molar-refractivity contribution in [3.63, 3.8) is 0 Å². The van der Waals surface area contributed by atoms with Crippen LogP contribution in [0.25, 0.3) is 0 Å². The zero-order valence-electron chi connectivity index (χ0n) is 6.41. The number of hydrogen-bond acceptors (Lipinski definition) is 1. The van der Waals surface area contributed by atoms with Crippen LogP contribution in [0.5, 0.6) is 0 Å². The number of aliphatic hydroxyl groups is 1. The zero-order chi connectivity index (χ0) is 7.72. The van der Waals surface area contributed by atoms with E-state index in [0.29, 0.717) is 6.32 Å². The van der Waals surface area contributed by atoms with Crippen molar-refractivity contribution >= 4 is 7.85 Å². The molecule has 0 aromatic carbocycles. The molecule has 1 aliphatic carbocycles. The molecule has 1 fully saturated rings. The van der Waals surface area contributed by atoms with Gasteiger partial charge >= 0.3 is 0 Å². The summed E-state index contributed by atoms with van der Waals surface area (Å²) < 4.78 is 12.7. The summed E-state index contributed by atoms with van der Waals surface area (Å²) in [6.45, 7) is 3.61. The van der Waals surface area contributed by atoms with Crippen molar-refractivity contribution in [2.75, 3.05) is 0 Å². The van der Waals surface area contributed by atoms with E-state index >= 15 is 0 Å². The molecule has 0 spiro atoms. The number of aliphatic hydroxyl groups excluding tert-OH is 1. The Bertz CT molecular complexity index is 125. The van der Waals surface area contributed by atoms with E-state index in [4.69, 9.17) is 13.0 Å². The molecule has 0 amide bonds. The van der Waals surface area contributed by atoms with Gasteiger partial charge in [0.2, 0.25) is 0 Å². The van der Waals surface area contributed by atoms with Crippen molar-refractivity contribution in [1.82, 2.24) is 0 Å². The molecule has 1 nitrogen and oxygen atoms in total. The van der Waals surface area contributed by atoms with Crippen LogP contribution in [0, 0.1) is 18.8 Å². The van der Waals surface area contributed by atoms with Gasteiger partial charge in [-0.1, -0.05) is 6.32 Å². The number of hydrogen-bond donors (Lipinski definition) is 1. The van der Waals surface area contributed by atoms with Gasteiger partial charge in [-0.2, -0.15) is 0 Å². The Balaban J connectivity index is 0.000001000. The first-order valence-electron chi connectivity index (χ1n) is 3.52. The van der Waals surface area contributed by atoms with E-state index in [9.17, 15) is 4.39 Å². The molecular weight excluding hydrogens is 219 g/mol. The van der Waals surface area contributed by atoms with Crippen molar-refractivity contribution in [2.45, 2.75) is 25.0 Å². The molecule has 0 bridgehead atoms. The van der Waals surface area contributed by atoms with Crippen molar-refractivity contribution in [3.8, 4) is 0 Å². The first kappa shape index (κ1) is 12.1. The van der Waals surface area contributed by atoms with Gasteiger partial charge in [-0.3, -0.25) is 0 Å². The minimum atomic E-state index is -0.969. The minimum absolute atomic E-state index is 0. The fourth-order valence-electron chi connectivity index (χ4n) is 1.47. The van der Waals surface area contributed by atoms with Gasteiger partial charge in [-0.15, -0.1) is 5.92 Å². The molecule has 4 atom stereocenters. The van der Waals surface area contributed by atoms with Crippen molar-refractivity contribution in [3.05, 3.63) is 6.92 Å². The third kappa shape index (κ3) is 2.50. The Labute approximate surface area is 93.4 Å². The van der Waals surface area contributed by atoms with Crippen LogP contribution < -0.4 is 0 Å². The Hall–Kier alpha value is 1.06. The average Bonchev–Trinajstić information content (AvgIpc) is 2.09. The van der Waals surface area contributed by atoms with Crippen molar-refractivity contribution in [1.29, 1.82) is 0 Å². The van der Waals surface area contributed by atoms with E-state index in [0.717, 1.165) is 0 Å². The molecule has 11 heavy (non-hydrogen) atoms. The molecule has 4 heteroatoms. The third-order valence-electron chi connectivity index (χ3n) is 2.25. The van der Waals surface area contributed by atoms with Crippen LogP contribution in [0.3, 0.4) is 0 Å². The van der Waals surface area contributed by atoms with Gasteiger partial charge in [0.15, 0.2) is 0 Å². The molecule has 0 aromatic rings. The number of halogens is 1. The zero-order valence-corrected chi connectivity index (χ0v) is 9.25. The van der Waals surface area contributed by atoms with Gasteiger partial charge in [0.1, 0.15) is 0 Å². The standard InChI is InChI=1S/C7H11BFO.Y/c1-4-5(3-8)7(10)2-6(4)9;/h4-7,10H,1-3H2;/q-1;. The summed E-state index contributed by atoms with van der Waals surface area (Å²) in [5, 5.41) is 9.17. The van der Waals surface area contributed by atoms with Crippen LogP contribution >= 0.6 is 0 Å². The maximum atomic E-state index is 12.7. The van der Waals surface area contributed by atoms with Gasteiger partial charge in [-0.05, 0) is 5.92 Å². The molecule has 0 aromatic heterocycles. The Morgan fingerprint density at radius 2 is 2.18 bits per heavy atom. The fraction of sp³-hybridized carbons (Fsp3) is 0.857. The largest absolute Gasteiger partial charge is 0.393 e. The number of alkyl halides is 1. The molecule has 59 valence electrons. The molecule has 1 aliphatic rings. The minimum Gasteiger partial charge on any atom is -0.393 e. The molecule has 0 saturated heterocycles. The molecular formula is C7H11BFOY-. The Kier molecular flexibility index (Phi) is 5.41. The summed E-state index contributed by atoms with van der Waals surface area (Å²) in [5.74, 6) is -0.463. The maximum absolute atomic E-state index is 12.7. The van der Waals surface area contributed by atoms with Crippen LogP contribution in [-0.2, 0) is 32.7 Å². The topological polar surface area (TPSA) is 20.2 Å². The SMILES string of the molecule is [B]CC1C(O)CC(F)C1[CH2-].[Y]. The van der Waals surface area contributed by atoms with Crippen molar-refractivity contribution in [2.24, 2.45) is 11.8 Å².